The fourth-order valence-electron chi connectivity index (χ4n) is 2.72. The summed E-state index contributed by atoms with van der Waals surface area (Å²) >= 11 is 12.6. The summed E-state index contributed by atoms with van der Waals surface area (Å²) in [6, 6.07) is 11.1. The molecule has 0 unspecified atom stereocenters. The Hall–Kier alpha value is -2.17. The molecule has 0 saturated heterocycles. The number of hydrogen-bond acceptors (Lipinski definition) is 2. The van der Waals surface area contributed by atoms with E-state index in [1.807, 2.05) is 30.3 Å². The second kappa shape index (κ2) is 7.38. The van der Waals surface area contributed by atoms with Gasteiger partial charge in [0.2, 0.25) is 0 Å². The van der Waals surface area contributed by atoms with Crippen LogP contribution in [0.3, 0.4) is 0 Å². The molecule has 3 rings (SSSR count). The van der Waals surface area contributed by atoms with Crippen molar-refractivity contribution in [1.29, 1.82) is 0 Å². The van der Waals surface area contributed by atoms with Gasteiger partial charge in [-0.3, -0.25) is 4.98 Å². The molecule has 1 aliphatic rings. The van der Waals surface area contributed by atoms with Gasteiger partial charge in [0.25, 0.3) is 6.43 Å². The topological polar surface area (TPSA) is 16.1 Å². The van der Waals surface area contributed by atoms with E-state index in [-0.39, 0.29) is 0 Å². The van der Waals surface area contributed by atoms with Crippen LogP contribution in [0.4, 0.5) is 8.78 Å². The number of nitrogens with zero attached hydrogens (tertiary/aromatic N) is 2. The van der Waals surface area contributed by atoms with Gasteiger partial charge in [0.1, 0.15) is 0 Å². The Morgan fingerprint density at radius 3 is 2.48 bits per heavy atom. The van der Waals surface area contributed by atoms with Gasteiger partial charge in [0.05, 0.1) is 28.0 Å². The minimum atomic E-state index is -2.56. The number of alkyl halides is 2. The zero-order valence-electron chi connectivity index (χ0n) is 13.1. The highest BCUT2D eigenvalue weighted by atomic mass is 35.5. The van der Waals surface area contributed by atoms with Crippen molar-refractivity contribution in [3.05, 3.63) is 88.3 Å². The van der Waals surface area contributed by atoms with E-state index in [2.05, 4.69) is 11.6 Å². The van der Waals surface area contributed by atoms with Crippen LogP contribution in [-0.4, -0.2) is 22.9 Å². The van der Waals surface area contributed by atoms with Gasteiger partial charge in [-0.1, -0.05) is 60.1 Å². The standard InChI is InChI=1S/C19H14Cl2F2N2/c1-12-16(20)9-15(13-5-3-2-4-6-13)19(25(12)11-18(22)23)14-7-8-24-10-17(14)21/h2-10,18H,1,11H2. The molecule has 0 atom stereocenters. The Kier molecular flexibility index (Phi) is 5.21. The van der Waals surface area contributed by atoms with Crippen LogP contribution < -0.4 is 0 Å². The Morgan fingerprint density at radius 1 is 1.12 bits per heavy atom. The molecule has 0 amide bonds. The average molecular weight is 379 g/mol. The molecule has 0 N–H and O–H groups in total. The molecular weight excluding hydrogens is 365 g/mol. The van der Waals surface area contributed by atoms with E-state index in [0.717, 1.165) is 5.56 Å². The van der Waals surface area contributed by atoms with Crippen molar-refractivity contribution >= 4 is 34.5 Å². The summed E-state index contributed by atoms with van der Waals surface area (Å²) in [5, 5.41) is 0.679. The fourth-order valence-corrected chi connectivity index (χ4v) is 3.14. The maximum atomic E-state index is 13.2. The fraction of sp³-hybridized carbons (Fsp3) is 0.105. The van der Waals surface area contributed by atoms with Gasteiger partial charge in [-0.15, -0.1) is 0 Å². The van der Waals surface area contributed by atoms with E-state index < -0.39 is 13.0 Å². The van der Waals surface area contributed by atoms with Crippen molar-refractivity contribution in [3.8, 4) is 0 Å². The van der Waals surface area contributed by atoms with E-state index in [9.17, 15) is 8.78 Å². The number of halogens is 4. The smallest absolute Gasteiger partial charge is 0.256 e. The lowest BCUT2D eigenvalue weighted by atomic mass is 9.95. The van der Waals surface area contributed by atoms with Crippen molar-refractivity contribution in [3.63, 3.8) is 0 Å². The van der Waals surface area contributed by atoms with Crippen LogP contribution in [-0.2, 0) is 0 Å². The largest absolute Gasteiger partial charge is 0.334 e. The normalized spacial score (nSPS) is 15.0. The molecule has 2 heterocycles. The van der Waals surface area contributed by atoms with Crippen LogP contribution in [0.1, 0.15) is 11.1 Å². The van der Waals surface area contributed by atoms with Gasteiger partial charge in [-0.05, 0) is 17.7 Å². The number of benzene rings is 1. The lowest BCUT2D eigenvalue weighted by molar-refractivity contribution is 0.123. The van der Waals surface area contributed by atoms with Gasteiger partial charge in [0, 0.05) is 23.5 Å². The summed E-state index contributed by atoms with van der Waals surface area (Å²) in [6.45, 7) is 3.33. The first kappa shape index (κ1) is 17.6. The molecular formula is C19H14Cl2F2N2. The number of pyridine rings is 1. The minimum Gasteiger partial charge on any atom is -0.334 e. The molecule has 0 bridgehead atoms. The van der Waals surface area contributed by atoms with Crippen LogP contribution in [0.5, 0.6) is 0 Å². The maximum absolute atomic E-state index is 13.2. The zero-order valence-corrected chi connectivity index (χ0v) is 14.6. The lowest BCUT2D eigenvalue weighted by Gasteiger charge is -2.34. The van der Waals surface area contributed by atoms with Gasteiger partial charge < -0.3 is 4.90 Å². The van der Waals surface area contributed by atoms with E-state index in [1.54, 1.807) is 18.3 Å². The molecule has 1 aliphatic heterocycles. The van der Waals surface area contributed by atoms with Crippen LogP contribution in [0.25, 0.3) is 11.3 Å². The highest BCUT2D eigenvalue weighted by Gasteiger charge is 2.28. The molecule has 0 fully saturated rings. The first-order valence-corrected chi connectivity index (χ1v) is 8.26. The molecule has 128 valence electrons. The van der Waals surface area contributed by atoms with Crippen molar-refractivity contribution in [2.75, 3.05) is 6.54 Å². The summed E-state index contributed by atoms with van der Waals surface area (Å²) in [5.41, 5.74) is 2.98. The summed E-state index contributed by atoms with van der Waals surface area (Å²) in [7, 11) is 0. The number of hydrogen-bond donors (Lipinski definition) is 0. The number of aromatic nitrogens is 1. The lowest BCUT2D eigenvalue weighted by Crippen LogP contribution is -2.29. The Labute approximate surface area is 154 Å². The molecule has 2 aromatic rings. The molecule has 2 nitrogen and oxygen atoms in total. The summed E-state index contributed by atoms with van der Waals surface area (Å²) in [5.74, 6) is 0. The molecule has 1 aromatic heterocycles. The average Bonchev–Trinajstić information content (AvgIpc) is 2.60. The molecule has 1 aromatic carbocycles. The van der Waals surface area contributed by atoms with Crippen LogP contribution in [0.15, 0.2) is 72.2 Å². The molecule has 25 heavy (non-hydrogen) atoms. The number of allylic oxidation sites excluding steroid dienone is 3. The molecule has 6 heteroatoms. The van der Waals surface area contributed by atoms with Crippen molar-refractivity contribution < 1.29 is 8.78 Å². The summed E-state index contributed by atoms with van der Waals surface area (Å²) in [6.07, 6.45) is 2.22. The second-order valence-corrected chi connectivity index (χ2v) is 6.24. The highest BCUT2D eigenvalue weighted by molar-refractivity contribution is 6.34. The first-order valence-electron chi connectivity index (χ1n) is 7.50. The van der Waals surface area contributed by atoms with E-state index in [4.69, 9.17) is 23.2 Å². The van der Waals surface area contributed by atoms with E-state index in [1.165, 1.54) is 11.1 Å². The Balaban J connectivity index is 2.30. The highest BCUT2D eigenvalue weighted by Crippen LogP contribution is 2.42. The van der Waals surface area contributed by atoms with Gasteiger partial charge in [0.15, 0.2) is 0 Å². The zero-order chi connectivity index (χ0) is 18.0. The van der Waals surface area contributed by atoms with Crippen molar-refractivity contribution in [2.45, 2.75) is 6.43 Å². The molecule has 0 aliphatic carbocycles. The quantitative estimate of drug-likeness (QED) is 0.666. The van der Waals surface area contributed by atoms with E-state index >= 15 is 0 Å². The molecule has 0 saturated carbocycles. The third-order valence-corrected chi connectivity index (χ3v) is 4.46. The van der Waals surface area contributed by atoms with Crippen molar-refractivity contribution in [2.24, 2.45) is 0 Å². The van der Waals surface area contributed by atoms with Crippen LogP contribution in [0.2, 0.25) is 5.02 Å². The van der Waals surface area contributed by atoms with Gasteiger partial charge >= 0.3 is 0 Å². The van der Waals surface area contributed by atoms with Crippen LogP contribution in [0, 0.1) is 0 Å². The predicted molar refractivity (Wildman–Crippen MR) is 98.3 cm³/mol. The molecule has 0 spiro atoms. The minimum absolute atomic E-state index is 0.310. The summed E-state index contributed by atoms with van der Waals surface area (Å²) in [4.78, 5) is 5.39. The van der Waals surface area contributed by atoms with Gasteiger partial charge in [-0.25, -0.2) is 8.78 Å². The summed E-state index contributed by atoms with van der Waals surface area (Å²) < 4.78 is 26.5. The van der Waals surface area contributed by atoms with E-state index in [0.29, 0.717) is 32.6 Å². The Bertz CT molecular complexity index is 861. The third kappa shape index (κ3) is 3.60. The predicted octanol–water partition coefficient (Wildman–Crippen LogP) is 5.82. The van der Waals surface area contributed by atoms with Gasteiger partial charge in [-0.2, -0.15) is 0 Å². The molecule has 0 radical (unpaired) electrons. The monoisotopic (exact) mass is 378 g/mol. The Morgan fingerprint density at radius 2 is 1.84 bits per heavy atom. The number of rotatable bonds is 4. The first-order chi connectivity index (χ1) is 12.0. The second-order valence-electron chi connectivity index (χ2n) is 5.42. The van der Waals surface area contributed by atoms with Crippen LogP contribution >= 0.6 is 23.2 Å². The third-order valence-electron chi connectivity index (χ3n) is 3.83. The SMILES string of the molecule is C=C1C(Cl)=CC(c2ccccc2)=C(c2ccncc2Cl)N1CC(F)F. The maximum Gasteiger partial charge on any atom is 0.256 e. The van der Waals surface area contributed by atoms with Crippen molar-refractivity contribution in [1.82, 2.24) is 9.88 Å².